The minimum Gasteiger partial charge on any atom is -0.378 e. The molecule has 1 saturated heterocycles. The van der Waals surface area contributed by atoms with Crippen LogP contribution in [0.4, 0.5) is 17.1 Å². The van der Waals surface area contributed by atoms with Crippen LogP contribution in [0.2, 0.25) is 0 Å². The van der Waals surface area contributed by atoms with Crippen molar-refractivity contribution in [1.29, 1.82) is 0 Å². The highest BCUT2D eigenvalue weighted by Gasteiger charge is 2.18. The molecule has 2 aromatic heterocycles. The number of para-hydroxylation sites is 1. The van der Waals surface area contributed by atoms with Crippen molar-refractivity contribution in [3.8, 4) is 16.9 Å². The molecule has 12 heteroatoms. The highest BCUT2D eigenvalue weighted by Crippen LogP contribution is 2.26. The van der Waals surface area contributed by atoms with Crippen LogP contribution in [-0.2, 0) is 11.8 Å². The lowest BCUT2D eigenvalue weighted by Gasteiger charge is -2.28. The van der Waals surface area contributed by atoms with E-state index in [0.717, 1.165) is 35.7 Å². The fraction of sp³-hybridized carbons (Fsp3) is 0.219. The molecular formula is C32H31N7O4S. The Morgan fingerprint density at radius 1 is 0.977 bits per heavy atom. The molecule has 5 aromatic rings. The molecule has 0 bridgehead atoms. The van der Waals surface area contributed by atoms with Gasteiger partial charge in [0.05, 0.1) is 40.9 Å². The molecular weight excluding hydrogens is 578 g/mol. The first kappa shape index (κ1) is 29.0. The van der Waals surface area contributed by atoms with Crippen molar-refractivity contribution in [3.63, 3.8) is 0 Å². The van der Waals surface area contributed by atoms with Gasteiger partial charge in [-0.05, 0) is 43.7 Å². The Morgan fingerprint density at radius 3 is 2.41 bits per heavy atom. The van der Waals surface area contributed by atoms with E-state index in [1.54, 1.807) is 26.2 Å². The average molecular weight is 610 g/mol. The van der Waals surface area contributed by atoms with Gasteiger partial charge in [0.15, 0.2) is 5.69 Å². The summed E-state index contributed by atoms with van der Waals surface area (Å²) >= 11 is 1.31. The number of benzene rings is 3. The molecule has 0 aliphatic carbocycles. The van der Waals surface area contributed by atoms with E-state index in [-0.39, 0.29) is 11.2 Å². The summed E-state index contributed by atoms with van der Waals surface area (Å²) in [6, 6.07) is 24.0. The summed E-state index contributed by atoms with van der Waals surface area (Å²) in [4.78, 5) is 32.4. The van der Waals surface area contributed by atoms with Crippen molar-refractivity contribution in [3.05, 3.63) is 121 Å². The second-order valence-electron chi connectivity index (χ2n) is 10.4. The minimum absolute atomic E-state index is 0.0252. The molecule has 0 atom stereocenters. The number of hydrogen-bond acceptors (Lipinski definition) is 8. The van der Waals surface area contributed by atoms with Gasteiger partial charge in [-0.15, -0.1) is 11.3 Å². The number of rotatable bonds is 7. The normalized spacial score (nSPS) is 14.3. The standard InChI is InChI=1S/C32H31N7O4S/c1-22(24-12-14-26(15-13-24)36-16-18-43-19-17-36)34-37-29(25-8-7-11-28(20-25)39(41)42)21-44-32(37)33-30-23(2)35(3)38(31(30)40)27-9-5-4-6-10-27/h4-15,20-21H,16-19H2,1-3H3. The Hall–Kier alpha value is -5.07. The first-order chi connectivity index (χ1) is 21.3. The summed E-state index contributed by atoms with van der Waals surface area (Å²) in [6.45, 7) is 6.87. The number of anilines is 1. The second-order valence-corrected chi connectivity index (χ2v) is 11.2. The summed E-state index contributed by atoms with van der Waals surface area (Å²) in [5, 5.41) is 18.4. The third-order valence-corrected chi connectivity index (χ3v) is 8.50. The van der Waals surface area contributed by atoms with Gasteiger partial charge in [0.2, 0.25) is 4.80 Å². The van der Waals surface area contributed by atoms with Crippen molar-refractivity contribution in [2.75, 3.05) is 31.2 Å². The molecule has 3 heterocycles. The summed E-state index contributed by atoms with van der Waals surface area (Å²) in [6.07, 6.45) is 0. The molecule has 44 heavy (non-hydrogen) atoms. The van der Waals surface area contributed by atoms with E-state index in [1.165, 1.54) is 23.5 Å². The number of hydrogen-bond donors (Lipinski definition) is 0. The summed E-state index contributed by atoms with van der Waals surface area (Å²) in [5.41, 5.74) is 5.42. The van der Waals surface area contributed by atoms with Gasteiger partial charge in [0.25, 0.3) is 11.2 Å². The zero-order valence-corrected chi connectivity index (χ0v) is 25.4. The number of ether oxygens (including phenoxy) is 1. The molecule has 11 nitrogen and oxygen atoms in total. The third-order valence-electron chi connectivity index (χ3n) is 7.68. The molecule has 1 aliphatic heterocycles. The number of nitro groups is 1. The number of non-ortho nitro benzene ring substituents is 1. The van der Waals surface area contributed by atoms with E-state index in [2.05, 4.69) is 17.0 Å². The second kappa shape index (κ2) is 12.3. The molecule has 224 valence electrons. The number of morpholine rings is 1. The molecule has 0 spiro atoms. The predicted molar refractivity (Wildman–Crippen MR) is 172 cm³/mol. The van der Waals surface area contributed by atoms with Gasteiger partial charge in [-0.2, -0.15) is 5.10 Å². The maximum absolute atomic E-state index is 13.7. The van der Waals surface area contributed by atoms with Crippen LogP contribution < -0.4 is 15.3 Å². The number of thiazole rings is 1. The lowest BCUT2D eigenvalue weighted by Crippen LogP contribution is -2.36. The molecule has 3 aromatic carbocycles. The zero-order chi connectivity index (χ0) is 30.8. The van der Waals surface area contributed by atoms with Crippen molar-refractivity contribution in [2.45, 2.75) is 13.8 Å². The van der Waals surface area contributed by atoms with Crippen molar-refractivity contribution in [2.24, 2.45) is 17.1 Å². The highest BCUT2D eigenvalue weighted by atomic mass is 32.1. The van der Waals surface area contributed by atoms with Gasteiger partial charge in [-0.3, -0.25) is 19.6 Å². The van der Waals surface area contributed by atoms with Crippen LogP contribution in [-0.4, -0.2) is 51.0 Å². The summed E-state index contributed by atoms with van der Waals surface area (Å²) < 4.78 is 10.5. The van der Waals surface area contributed by atoms with E-state index in [4.69, 9.17) is 14.8 Å². The van der Waals surface area contributed by atoms with E-state index < -0.39 is 4.92 Å². The van der Waals surface area contributed by atoms with Crippen LogP contribution in [0.1, 0.15) is 18.2 Å². The van der Waals surface area contributed by atoms with E-state index >= 15 is 0 Å². The Balaban J connectivity index is 1.48. The predicted octanol–water partition coefficient (Wildman–Crippen LogP) is 5.26. The highest BCUT2D eigenvalue weighted by molar-refractivity contribution is 7.07. The molecule has 0 amide bonds. The summed E-state index contributed by atoms with van der Waals surface area (Å²) in [5.74, 6) is 0. The molecule has 1 fully saturated rings. The van der Waals surface area contributed by atoms with E-state index in [1.807, 2.05) is 68.7 Å². The molecule has 0 radical (unpaired) electrons. The number of nitro benzene ring substituents is 1. The van der Waals surface area contributed by atoms with Gasteiger partial charge in [-0.1, -0.05) is 42.5 Å². The average Bonchev–Trinajstić information content (AvgIpc) is 3.54. The molecule has 0 N–H and O–H groups in total. The molecule has 0 saturated carbocycles. The Morgan fingerprint density at radius 2 is 1.70 bits per heavy atom. The van der Waals surface area contributed by atoms with Crippen LogP contribution >= 0.6 is 11.3 Å². The van der Waals surface area contributed by atoms with Gasteiger partial charge in [0, 0.05) is 48.9 Å². The van der Waals surface area contributed by atoms with Gasteiger partial charge in [0.1, 0.15) is 0 Å². The molecule has 6 rings (SSSR count). The first-order valence-electron chi connectivity index (χ1n) is 14.1. The Bertz CT molecular complexity index is 1980. The van der Waals surface area contributed by atoms with Crippen LogP contribution in [0.25, 0.3) is 16.9 Å². The Labute approximate surface area is 257 Å². The van der Waals surface area contributed by atoms with E-state index in [0.29, 0.717) is 40.7 Å². The lowest BCUT2D eigenvalue weighted by molar-refractivity contribution is -0.384. The molecule has 0 unspecified atom stereocenters. The monoisotopic (exact) mass is 609 g/mol. The molecule has 1 aliphatic rings. The first-order valence-corrected chi connectivity index (χ1v) is 15.0. The largest absolute Gasteiger partial charge is 0.378 e. The van der Waals surface area contributed by atoms with Gasteiger partial charge < -0.3 is 9.64 Å². The minimum atomic E-state index is -0.421. The van der Waals surface area contributed by atoms with Crippen LogP contribution in [0.3, 0.4) is 0 Å². The van der Waals surface area contributed by atoms with Crippen LogP contribution in [0.5, 0.6) is 0 Å². The maximum Gasteiger partial charge on any atom is 0.297 e. The summed E-state index contributed by atoms with van der Waals surface area (Å²) in [7, 11) is 1.82. The van der Waals surface area contributed by atoms with Crippen molar-refractivity contribution >= 4 is 34.1 Å². The quantitative estimate of drug-likeness (QED) is 0.142. The van der Waals surface area contributed by atoms with Crippen LogP contribution in [0, 0.1) is 17.0 Å². The zero-order valence-electron chi connectivity index (χ0n) is 24.6. The van der Waals surface area contributed by atoms with Gasteiger partial charge >= 0.3 is 0 Å². The third kappa shape index (κ3) is 5.64. The smallest absolute Gasteiger partial charge is 0.297 e. The van der Waals surface area contributed by atoms with Gasteiger partial charge in [-0.25, -0.2) is 14.4 Å². The van der Waals surface area contributed by atoms with E-state index in [9.17, 15) is 14.9 Å². The maximum atomic E-state index is 13.7. The SMILES string of the molecule is CC(=Nn1c(-c2cccc([N+](=O)[O-])c2)csc1=Nc1c(C)n(C)n(-c2ccccc2)c1=O)c1ccc(N2CCOCC2)cc1. The topological polar surface area (TPSA) is 112 Å². The number of nitrogens with zero attached hydrogens (tertiary/aromatic N) is 7. The number of aromatic nitrogens is 3. The lowest BCUT2D eigenvalue weighted by atomic mass is 10.1. The fourth-order valence-corrected chi connectivity index (χ4v) is 6.01. The fourth-order valence-electron chi connectivity index (χ4n) is 5.17. The van der Waals surface area contributed by atoms with Crippen molar-refractivity contribution in [1.82, 2.24) is 14.0 Å². The Kier molecular flexibility index (Phi) is 8.09. The van der Waals surface area contributed by atoms with Crippen molar-refractivity contribution < 1.29 is 9.66 Å². The van der Waals surface area contributed by atoms with Crippen LogP contribution in [0.15, 0.2) is 99.1 Å².